The van der Waals surface area contributed by atoms with Crippen molar-refractivity contribution in [3.63, 3.8) is 0 Å². The first kappa shape index (κ1) is 16.9. The smallest absolute Gasteiger partial charge is 0.144 e. The molecule has 0 radical (unpaired) electrons. The number of halogens is 2. The normalized spacial score (nSPS) is 11.8. The third kappa shape index (κ3) is 3.75. The van der Waals surface area contributed by atoms with E-state index in [0.29, 0.717) is 11.5 Å². The van der Waals surface area contributed by atoms with Gasteiger partial charge in [-0.15, -0.1) is 0 Å². The number of nitriles is 1. The van der Waals surface area contributed by atoms with E-state index in [9.17, 15) is 8.78 Å². The summed E-state index contributed by atoms with van der Waals surface area (Å²) in [6.45, 7) is 2.18. The summed E-state index contributed by atoms with van der Waals surface area (Å²) in [7, 11) is 0. The molecule has 124 valence electrons. The molecular weight excluding hydrogens is 316 g/mol. The summed E-state index contributed by atoms with van der Waals surface area (Å²) >= 11 is 0. The van der Waals surface area contributed by atoms with Crippen LogP contribution in [-0.4, -0.2) is 0 Å². The summed E-state index contributed by atoms with van der Waals surface area (Å²) in [6, 6.07) is 21.9. The second-order valence-electron chi connectivity index (χ2n) is 6.14. The molecule has 1 nitrogen and oxygen atoms in total. The van der Waals surface area contributed by atoms with E-state index in [1.54, 1.807) is 0 Å². The molecule has 1 atom stereocenters. The quantitative estimate of drug-likeness (QED) is 0.587. The van der Waals surface area contributed by atoms with Crippen molar-refractivity contribution in [2.24, 2.45) is 0 Å². The Balaban J connectivity index is 1.80. The molecule has 3 rings (SSSR count). The van der Waals surface area contributed by atoms with Crippen molar-refractivity contribution in [2.45, 2.75) is 19.3 Å². The van der Waals surface area contributed by atoms with Crippen molar-refractivity contribution in [1.29, 1.82) is 5.26 Å². The maximum Gasteiger partial charge on any atom is 0.144 e. The van der Waals surface area contributed by atoms with Crippen LogP contribution in [0.3, 0.4) is 0 Å². The minimum absolute atomic E-state index is 0.386. The lowest BCUT2D eigenvalue weighted by Crippen LogP contribution is -1.98. The molecule has 0 N–H and O–H groups in total. The minimum Gasteiger partial charge on any atom is -0.205 e. The maximum absolute atomic E-state index is 13.8. The maximum atomic E-state index is 13.8. The number of hydrogen-bond donors (Lipinski definition) is 0. The fraction of sp³-hybridized carbons (Fsp3) is 0.136. The van der Waals surface area contributed by atoms with Crippen LogP contribution in [0, 0.1) is 23.0 Å². The summed E-state index contributed by atoms with van der Waals surface area (Å²) in [5, 5.41) is 8.74. The Morgan fingerprint density at radius 1 is 0.880 bits per heavy atom. The van der Waals surface area contributed by atoms with E-state index < -0.39 is 17.2 Å². The zero-order valence-corrected chi connectivity index (χ0v) is 13.8. The van der Waals surface area contributed by atoms with Crippen LogP contribution in [0.2, 0.25) is 0 Å². The summed E-state index contributed by atoms with van der Waals surface area (Å²) in [4.78, 5) is 0. The van der Waals surface area contributed by atoms with Crippen LogP contribution in [0.25, 0.3) is 11.1 Å². The first-order valence-electron chi connectivity index (χ1n) is 8.12. The van der Waals surface area contributed by atoms with Crippen LogP contribution in [0.1, 0.15) is 29.5 Å². The molecule has 0 aliphatic rings. The van der Waals surface area contributed by atoms with E-state index in [4.69, 9.17) is 5.26 Å². The van der Waals surface area contributed by atoms with Gasteiger partial charge in [-0.3, -0.25) is 0 Å². The molecule has 0 aliphatic heterocycles. The van der Waals surface area contributed by atoms with Crippen LogP contribution in [0.5, 0.6) is 0 Å². The number of rotatable bonds is 4. The highest BCUT2D eigenvalue weighted by molar-refractivity contribution is 5.65. The lowest BCUT2D eigenvalue weighted by Gasteiger charge is -2.12. The van der Waals surface area contributed by atoms with Gasteiger partial charge in [0, 0.05) is 0 Å². The van der Waals surface area contributed by atoms with Gasteiger partial charge in [0.25, 0.3) is 0 Å². The van der Waals surface area contributed by atoms with E-state index in [2.05, 4.69) is 19.1 Å². The molecule has 3 heteroatoms. The molecule has 0 bridgehead atoms. The van der Waals surface area contributed by atoms with E-state index in [1.807, 2.05) is 42.5 Å². The van der Waals surface area contributed by atoms with Crippen molar-refractivity contribution in [3.05, 3.63) is 95.1 Å². The summed E-state index contributed by atoms with van der Waals surface area (Å²) in [6.07, 6.45) is 0.889. The molecule has 0 aromatic heterocycles. The van der Waals surface area contributed by atoms with Crippen molar-refractivity contribution in [2.75, 3.05) is 0 Å². The average molecular weight is 333 g/mol. The first-order valence-corrected chi connectivity index (χ1v) is 8.12. The Kier molecular flexibility index (Phi) is 4.90. The molecule has 0 spiro atoms. The number of benzene rings is 3. The van der Waals surface area contributed by atoms with Crippen LogP contribution in [-0.2, 0) is 6.42 Å². The Morgan fingerprint density at radius 3 is 2.04 bits per heavy atom. The van der Waals surface area contributed by atoms with Gasteiger partial charge in [-0.25, -0.2) is 8.78 Å². The SMILES string of the molecule is CC(Cc1ccc(-c2cc(F)c(C#N)c(F)c2)cc1)c1ccccc1. The minimum atomic E-state index is -0.834. The van der Waals surface area contributed by atoms with Gasteiger partial charge in [-0.1, -0.05) is 61.5 Å². The predicted molar refractivity (Wildman–Crippen MR) is 95.1 cm³/mol. The fourth-order valence-electron chi connectivity index (χ4n) is 2.93. The molecule has 0 amide bonds. The molecule has 0 fully saturated rings. The average Bonchev–Trinajstić information content (AvgIpc) is 2.63. The lowest BCUT2D eigenvalue weighted by molar-refractivity contribution is 0.577. The molecule has 1 unspecified atom stereocenters. The Bertz CT molecular complexity index is 886. The zero-order valence-electron chi connectivity index (χ0n) is 13.8. The highest BCUT2D eigenvalue weighted by Crippen LogP contribution is 2.26. The zero-order chi connectivity index (χ0) is 17.8. The van der Waals surface area contributed by atoms with Gasteiger partial charge >= 0.3 is 0 Å². The molecule has 0 aliphatic carbocycles. The second-order valence-corrected chi connectivity index (χ2v) is 6.14. The van der Waals surface area contributed by atoms with Crippen LogP contribution in [0.4, 0.5) is 8.78 Å². The second kappa shape index (κ2) is 7.27. The van der Waals surface area contributed by atoms with Gasteiger partial charge in [0.15, 0.2) is 0 Å². The highest BCUT2D eigenvalue weighted by Gasteiger charge is 2.12. The standard InChI is InChI=1S/C22H17F2N/c1-15(17-5-3-2-4-6-17)11-16-7-9-18(10-8-16)19-12-21(23)20(14-25)22(24)13-19/h2-10,12-13,15H,11H2,1H3. The summed E-state index contributed by atoms with van der Waals surface area (Å²) in [5.74, 6) is -1.28. The van der Waals surface area contributed by atoms with Gasteiger partial charge in [0.05, 0.1) is 0 Å². The largest absolute Gasteiger partial charge is 0.205 e. The van der Waals surface area contributed by atoms with Crippen molar-refractivity contribution >= 4 is 0 Å². The monoisotopic (exact) mass is 333 g/mol. The molecule has 0 saturated heterocycles. The van der Waals surface area contributed by atoms with E-state index in [-0.39, 0.29) is 0 Å². The van der Waals surface area contributed by atoms with Gasteiger partial charge in [0.2, 0.25) is 0 Å². The summed E-state index contributed by atoms with van der Waals surface area (Å²) < 4.78 is 27.5. The summed E-state index contributed by atoms with van der Waals surface area (Å²) in [5.41, 5.74) is 3.05. The van der Waals surface area contributed by atoms with Crippen LogP contribution in [0.15, 0.2) is 66.7 Å². The van der Waals surface area contributed by atoms with E-state index in [0.717, 1.165) is 17.5 Å². The van der Waals surface area contributed by atoms with Gasteiger partial charge in [-0.2, -0.15) is 5.26 Å². The van der Waals surface area contributed by atoms with Gasteiger partial charge < -0.3 is 0 Å². The van der Waals surface area contributed by atoms with Crippen molar-refractivity contribution < 1.29 is 8.78 Å². The molecule has 3 aromatic carbocycles. The van der Waals surface area contributed by atoms with Gasteiger partial charge in [-0.05, 0) is 46.7 Å². The molecule has 0 heterocycles. The van der Waals surface area contributed by atoms with Crippen molar-refractivity contribution in [3.8, 4) is 17.2 Å². The van der Waals surface area contributed by atoms with E-state index >= 15 is 0 Å². The van der Waals surface area contributed by atoms with Crippen LogP contribution < -0.4 is 0 Å². The number of hydrogen-bond acceptors (Lipinski definition) is 1. The van der Waals surface area contributed by atoms with E-state index in [1.165, 1.54) is 23.8 Å². The third-order valence-corrected chi connectivity index (χ3v) is 4.35. The third-order valence-electron chi connectivity index (χ3n) is 4.35. The Morgan fingerprint density at radius 2 is 1.48 bits per heavy atom. The van der Waals surface area contributed by atoms with Crippen LogP contribution >= 0.6 is 0 Å². The van der Waals surface area contributed by atoms with Gasteiger partial charge in [0.1, 0.15) is 23.3 Å². The molecular formula is C22H17F2N. The lowest BCUT2D eigenvalue weighted by atomic mass is 9.93. The molecule has 3 aromatic rings. The van der Waals surface area contributed by atoms with Crippen molar-refractivity contribution in [1.82, 2.24) is 0 Å². The Labute approximate surface area is 146 Å². The number of nitrogens with zero attached hydrogens (tertiary/aromatic N) is 1. The fourth-order valence-corrected chi connectivity index (χ4v) is 2.93. The highest BCUT2D eigenvalue weighted by atomic mass is 19.1. The predicted octanol–water partition coefficient (Wildman–Crippen LogP) is 5.85. The first-order chi connectivity index (χ1) is 12.1. The molecule has 0 saturated carbocycles. The Hall–Kier alpha value is -2.99. The topological polar surface area (TPSA) is 23.8 Å². The molecule has 25 heavy (non-hydrogen) atoms.